The maximum Gasteiger partial charge on any atom is 0.335 e. The molecule has 1 rings (SSSR count). The number of carboxylic acids is 2. The lowest BCUT2D eigenvalue weighted by molar-refractivity contribution is -0.142. The fourth-order valence-electron chi connectivity index (χ4n) is 2.51. The summed E-state index contributed by atoms with van der Waals surface area (Å²) in [5, 5.41) is 26.8. The first kappa shape index (κ1) is 22.0. The number of aromatic carboxylic acids is 1. The molecule has 1 atom stereocenters. The topological polar surface area (TPSA) is 124 Å². The number of carbonyl (C=O) groups is 3. The van der Waals surface area contributed by atoms with Gasteiger partial charge in [-0.1, -0.05) is 12.1 Å². The molecule has 0 saturated heterocycles. The average Bonchev–Trinajstić information content (AvgIpc) is 2.62. The Kier molecular flexibility index (Phi) is 10.4. The second-order valence-electron chi connectivity index (χ2n) is 5.99. The van der Waals surface area contributed by atoms with Gasteiger partial charge in [-0.15, -0.1) is 0 Å². The molecule has 4 N–H and O–H groups in total. The van der Waals surface area contributed by atoms with E-state index < -0.39 is 17.9 Å². The van der Waals surface area contributed by atoms with Gasteiger partial charge in [-0.05, 0) is 61.3 Å². The van der Waals surface area contributed by atoms with Crippen molar-refractivity contribution in [3.8, 4) is 0 Å². The number of nitrogens with one attached hydrogen (secondary N) is 1. The van der Waals surface area contributed by atoms with Crippen molar-refractivity contribution in [2.75, 3.05) is 11.5 Å². The van der Waals surface area contributed by atoms with Gasteiger partial charge >= 0.3 is 11.9 Å². The van der Waals surface area contributed by atoms with Gasteiger partial charge in [-0.2, -0.15) is 11.8 Å². The number of thioether (sulfide) groups is 1. The van der Waals surface area contributed by atoms with Gasteiger partial charge in [0.2, 0.25) is 5.91 Å². The van der Waals surface area contributed by atoms with E-state index in [2.05, 4.69) is 0 Å². The monoisotopic (exact) mass is 383 g/mol. The number of rotatable bonds is 13. The highest BCUT2D eigenvalue weighted by atomic mass is 32.2. The zero-order valence-corrected chi connectivity index (χ0v) is 15.3. The van der Waals surface area contributed by atoms with Gasteiger partial charge < -0.3 is 10.2 Å². The van der Waals surface area contributed by atoms with Gasteiger partial charge in [0.15, 0.2) is 0 Å². The van der Waals surface area contributed by atoms with Crippen molar-refractivity contribution in [2.45, 2.75) is 38.5 Å². The molecule has 8 heteroatoms. The first-order chi connectivity index (χ1) is 12.4. The van der Waals surface area contributed by atoms with E-state index in [9.17, 15) is 19.5 Å². The Morgan fingerprint density at radius 1 is 1.08 bits per heavy atom. The quantitative estimate of drug-likeness (QED) is 0.234. The minimum absolute atomic E-state index is 0.164. The Morgan fingerprint density at radius 3 is 2.46 bits per heavy atom. The zero-order valence-electron chi connectivity index (χ0n) is 14.5. The molecule has 0 fully saturated rings. The minimum atomic E-state index is -1.02. The van der Waals surface area contributed by atoms with Crippen molar-refractivity contribution >= 4 is 29.6 Å². The van der Waals surface area contributed by atoms with Crippen LogP contribution in [0.4, 0.5) is 0 Å². The van der Waals surface area contributed by atoms with Crippen LogP contribution in [-0.2, 0) is 16.0 Å². The normalized spacial score (nSPS) is 11.7. The predicted octanol–water partition coefficient (Wildman–Crippen LogP) is 2.82. The van der Waals surface area contributed by atoms with Crippen molar-refractivity contribution in [1.82, 2.24) is 5.48 Å². The summed E-state index contributed by atoms with van der Waals surface area (Å²) in [4.78, 5) is 33.3. The summed E-state index contributed by atoms with van der Waals surface area (Å²) >= 11 is 1.71. The molecule has 0 aliphatic heterocycles. The van der Waals surface area contributed by atoms with Crippen LogP contribution in [0.5, 0.6) is 0 Å². The van der Waals surface area contributed by atoms with Crippen LogP contribution in [0.15, 0.2) is 24.3 Å². The Bertz CT molecular complexity index is 607. The molecule has 7 nitrogen and oxygen atoms in total. The molecule has 0 spiro atoms. The third-order valence-corrected chi connectivity index (χ3v) is 5.07. The molecule has 0 heterocycles. The highest BCUT2D eigenvalue weighted by Gasteiger charge is 2.18. The summed E-state index contributed by atoms with van der Waals surface area (Å²) in [7, 11) is 0. The van der Waals surface area contributed by atoms with E-state index in [1.165, 1.54) is 12.1 Å². The molecule has 1 aromatic carbocycles. The van der Waals surface area contributed by atoms with Crippen molar-refractivity contribution < 1.29 is 29.8 Å². The van der Waals surface area contributed by atoms with Gasteiger partial charge in [-0.25, -0.2) is 10.3 Å². The zero-order chi connectivity index (χ0) is 19.4. The Balaban J connectivity index is 2.29. The summed E-state index contributed by atoms with van der Waals surface area (Å²) in [5.74, 6) is -1.08. The number of hydroxylamine groups is 1. The second-order valence-corrected chi connectivity index (χ2v) is 7.22. The molecule has 0 saturated carbocycles. The lowest BCUT2D eigenvalue weighted by Crippen LogP contribution is -2.17. The minimum Gasteiger partial charge on any atom is -0.481 e. The van der Waals surface area contributed by atoms with Gasteiger partial charge in [0.25, 0.3) is 0 Å². The fraction of sp³-hybridized carbons (Fsp3) is 0.500. The van der Waals surface area contributed by atoms with Gasteiger partial charge in [-0.3, -0.25) is 14.8 Å². The van der Waals surface area contributed by atoms with Crippen molar-refractivity contribution in [3.05, 3.63) is 35.4 Å². The summed E-state index contributed by atoms with van der Waals surface area (Å²) in [6.07, 6.45) is 3.48. The highest BCUT2D eigenvalue weighted by molar-refractivity contribution is 7.99. The number of amides is 1. The van der Waals surface area contributed by atoms with E-state index in [4.69, 9.17) is 10.3 Å². The van der Waals surface area contributed by atoms with Crippen LogP contribution in [0.3, 0.4) is 0 Å². The molecule has 144 valence electrons. The molecule has 0 aliphatic rings. The average molecular weight is 383 g/mol. The number of benzene rings is 1. The number of hydrogen-bond acceptors (Lipinski definition) is 5. The third-order valence-electron chi connectivity index (χ3n) is 3.91. The first-order valence-corrected chi connectivity index (χ1v) is 9.65. The van der Waals surface area contributed by atoms with Crippen LogP contribution >= 0.6 is 11.8 Å². The maximum absolute atomic E-state index is 11.4. The smallest absolute Gasteiger partial charge is 0.335 e. The number of hydrogen-bond donors (Lipinski definition) is 4. The Morgan fingerprint density at radius 2 is 1.81 bits per heavy atom. The van der Waals surface area contributed by atoms with E-state index in [1.54, 1.807) is 29.4 Å². The molecule has 1 aromatic rings. The second kappa shape index (κ2) is 12.3. The van der Waals surface area contributed by atoms with Gasteiger partial charge in [0.1, 0.15) is 0 Å². The molecular weight excluding hydrogens is 358 g/mol. The van der Waals surface area contributed by atoms with E-state index >= 15 is 0 Å². The Hall–Kier alpha value is -2.06. The molecule has 1 amide bonds. The molecular formula is C18H25NO6S. The van der Waals surface area contributed by atoms with Crippen LogP contribution in [0.1, 0.15) is 48.0 Å². The van der Waals surface area contributed by atoms with Crippen molar-refractivity contribution in [2.24, 2.45) is 5.92 Å². The summed E-state index contributed by atoms with van der Waals surface area (Å²) in [5.41, 5.74) is 2.47. The lowest BCUT2D eigenvalue weighted by atomic mass is 9.94. The molecule has 0 aromatic heterocycles. The van der Waals surface area contributed by atoms with E-state index in [0.717, 1.165) is 24.3 Å². The number of unbranched alkanes of at least 4 members (excludes halogenated alkanes) is 1. The van der Waals surface area contributed by atoms with E-state index in [1.807, 2.05) is 0 Å². The maximum atomic E-state index is 11.4. The van der Waals surface area contributed by atoms with Crippen molar-refractivity contribution in [1.29, 1.82) is 0 Å². The van der Waals surface area contributed by atoms with Crippen LogP contribution in [0, 0.1) is 5.92 Å². The standard InChI is InChI=1S/C18H25NO6S/c20-16(19-25)8-1-2-9-26-10-4-7-15(18(23)24)12-13-5-3-6-14(11-13)17(21)22/h3,5-6,11,15,25H,1-2,4,7-10,12H2,(H,19,20)(H,21,22)(H,23,24). The summed E-state index contributed by atoms with van der Waals surface area (Å²) in [6, 6.07) is 6.39. The van der Waals surface area contributed by atoms with E-state index in [0.29, 0.717) is 31.2 Å². The predicted molar refractivity (Wildman–Crippen MR) is 98.6 cm³/mol. The molecule has 0 aliphatic carbocycles. The van der Waals surface area contributed by atoms with Gasteiger partial charge in [0.05, 0.1) is 11.5 Å². The van der Waals surface area contributed by atoms with Gasteiger partial charge in [0, 0.05) is 6.42 Å². The number of carboxylic acid groups (broad SMARTS) is 2. The molecule has 26 heavy (non-hydrogen) atoms. The van der Waals surface area contributed by atoms with Crippen LogP contribution in [0.2, 0.25) is 0 Å². The Labute approximate surface area is 156 Å². The SMILES string of the molecule is O=C(CCCCSCCCC(Cc1cccc(C(=O)O)c1)C(=O)O)NO. The molecule has 0 radical (unpaired) electrons. The number of carbonyl (C=O) groups excluding carboxylic acids is 1. The van der Waals surface area contributed by atoms with Crippen molar-refractivity contribution in [3.63, 3.8) is 0 Å². The summed E-state index contributed by atoms with van der Waals surface area (Å²) < 4.78 is 0. The third kappa shape index (κ3) is 8.87. The van der Waals surface area contributed by atoms with E-state index in [-0.39, 0.29) is 11.5 Å². The molecule has 0 bridgehead atoms. The first-order valence-electron chi connectivity index (χ1n) is 8.49. The number of aliphatic carboxylic acids is 1. The molecule has 1 unspecified atom stereocenters. The fourth-order valence-corrected chi connectivity index (χ4v) is 3.49. The summed E-state index contributed by atoms with van der Waals surface area (Å²) in [6.45, 7) is 0. The van der Waals surface area contributed by atoms with Crippen LogP contribution in [0.25, 0.3) is 0 Å². The largest absolute Gasteiger partial charge is 0.481 e. The highest BCUT2D eigenvalue weighted by Crippen LogP contribution is 2.18. The lowest BCUT2D eigenvalue weighted by Gasteiger charge is -2.12. The van der Waals surface area contributed by atoms with Crippen LogP contribution < -0.4 is 5.48 Å². The van der Waals surface area contributed by atoms with Crippen LogP contribution in [-0.4, -0.2) is 44.8 Å².